The molecule has 27 heavy (non-hydrogen) atoms. The first-order valence-electron chi connectivity index (χ1n) is 8.42. The lowest BCUT2D eigenvalue weighted by Gasteiger charge is -2.18. The smallest absolute Gasteiger partial charge is 0.330 e. The monoisotopic (exact) mass is 406 g/mol. The third-order valence-electron chi connectivity index (χ3n) is 3.67. The summed E-state index contributed by atoms with van der Waals surface area (Å²) < 4.78 is 7.82. The van der Waals surface area contributed by atoms with E-state index in [2.05, 4.69) is 15.3 Å². The van der Waals surface area contributed by atoms with Crippen LogP contribution in [-0.4, -0.2) is 39.1 Å². The third-order valence-corrected chi connectivity index (χ3v) is 4.99. The molecule has 0 spiro atoms. The highest BCUT2D eigenvalue weighted by Crippen LogP contribution is 2.27. The fourth-order valence-electron chi connectivity index (χ4n) is 2.37. The SMILES string of the molecule is CC(C)COC(=O)[C@H](Cn1ccnc1)NC(=O)c1nc2c(Cl)cccc2s1. The summed E-state index contributed by atoms with van der Waals surface area (Å²) >= 11 is 7.35. The van der Waals surface area contributed by atoms with Crippen molar-refractivity contribution in [1.82, 2.24) is 19.9 Å². The number of halogens is 1. The summed E-state index contributed by atoms with van der Waals surface area (Å²) in [6.45, 7) is 4.39. The van der Waals surface area contributed by atoms with Crippen LogP contribution in [0.5, 0.6) is 0 Å². The van der Waals surface area contributed by atoms with E-state index in [9.17, 15) is 9.59 Å². The molecule has 0 unspecified atom stereocenters. The Kier molecular flexibility index (Phi) is 6.08. The van der Waals surface area contributed by atoms with Crippen LogP contribution in [0.1, 0.15) is 23.6 Å². The van der Waals surface area contributed by atoms with E-state index in [4.69, 9.17) is 16.3 Å². The van der Waals surface area contributed by atoms with E-state index in [1.807, 2.05) is 19.9 Å². The van der Waals surface area contributed by atoms with Gasteiger partial charge in [-0.25, -0.2) is 14.8 Å². The number of hydrogen-bond donors (Lipinski definition) is 1. The lowest BCUT2D eigenvalue weighted by Crippen LogP contribution is -2.44. The minimum Gasteiger partial charge on any atom is -0.464 e. The number of esters is 1. The van der Waals surface area contributed by atoms with E-state index in [0.717, 1.165) is 4.70 Å². The van der Waals surface area contributed by atoms with Gasteiger partial charge in [-0.1, -0.05) is 31.5 Å². The molecular formula is C18H19ClN4O3S. The zero-order valence-corrected chi connectivity index (χ0v) is 16.5. The predicted molar refractivity (Wildman–Crippen MR) is 104 cm³/mol. The van der Waals surface area contributed by atoms with E-state index >= 15 is 0 Å². The van der Waals surface area contributed by atoms with Crippen LogP contribution in [0.2, 0.25) is 5.02 Å². The second-order valence-electron chi connectivity index (χ2n) is 6.42. The highest BCUT2D eigenvalue weighted by atomic mass is 35.5. The molecule has 1 N–H and O–H groups in total. The van der Waals surface area contributed by atoms with Gasteiger partial charge in [-0.2, -0.15) is 0 Å². The molecule has 0 aliphatic carbocycles. The zero-order valence-electron chi connectivity index (χ0n) is 14.9. The number of carbonyl (C=O) groups is 2. The summed E-state index contributed by atoms with van der Waals surface area (Å²) in [5.74, 6) is -0.742. The minimum atomic E-state index is -0.854. The number of rotatable bonds is 7. The second-order valence-corrected chi connectivity index (χ2v) is 7.85. The maximum atomic E-state index is 12.7. The molecule has 0 saturated carbocycles. The molecule has 0 aliphatic rings. The molecule has 0 saturated heterocycles. The third kappa shape index (κ3) is 4.84. The van der Waals surface area contributed by atoms with Gasteiger partial charge in [-0.15, -0.1) is 11.3 Å². The molecule has 2 aromatic heterocycles. The molecule has 142 valence electrons. The van der Waals surface area contributed by atoms with Crippen molar-refractivity contribution in [3.8, 4) is 0 Å². The summed E-state index contributed by atoms with van der Waals surface area (Å²) in [5.41, 5.74) is 0.572. The summed E-state index contributed by atoms with van der Waals surface area (Å²) in [5, 5.41) is 3.44. The van der Waals surface area contributed by atoms with Crippen LogP contribution in [0.15, 0.2) is 36.9 Å². The van der Waals surface area contributed by atoms with Gasteiger partial charge in [0, 0.05) is 12.4 Å². The molecule has 1 amide bonds. The van der Waals surface area contributed by atoms with Gasteiger partial charge in [0.25, 0.3) is 5.91 Å². The Morgan fingerprint density at radius 2 is 2.19 bits per heavy atom. The van der Waals surface area contributed by atoms with E-state index in [1.54, 1.807) is 35.4 Å². The summed E-state index contributed by atoms with van der Waals surface area (Å²) in [4.78, 5) is 33.4. The maximum Gasteiger partial charge on any atom is 0.330 e. The zero-order chi connectivity index (χ0) is 19.4. The first-order valence-corrected chi connectivity index (χ1v) is 9.61. The number of para-hydroxylation sites is 1. The normalized spacial score (nSPS) is 12.3. The van der Waals surface area contributed by atoms with E-state index in [-0.39, 0.29) is 24.1 Å². The fraction of sp³-hybridized carbons (Fsp3) is 0.333. The minimum absolute atomic E-state index is 0.199. The Labute approximate surface area is 165 Å². The number of carbonyl (C=O) groups excluding carboxylic acids is 2. The van der Waals surface area contributed by atoms with Crippen LogP contribution in [-0.2, 0) is 16.1 Å². The van der Waals surface area contributed by atoms with Gasteiger partial charge >= 0.3 is 5.97 Å². The topological polar surface area (TPSA) is 86.1 Å². The Morgan fingerprint density at radius 1 is 1.37 bits per heavy atom. The van der Waals surface area contributed by atoms with Crippen LogP contribution in [0.3, 0.4) is 0 Å². The molecule has 0 fully saturated rings. The van der Waals surface area contributed by atoms with Gasteiger partial charge < -0.3 is 14.6 Å². The second kappa shape index (κ2) is 8.49. The van der Waals surface area contributed by atoms with Crippen LogP contribution in [0.25, 0.3) is 10.2 Å². The molecule has 3 rings (SSSR count). The number of amides is 1. The standard InChI is InChI=1S/C18H19ClN4O3S/c1-11(2)9-26-18(25)13(8-23-7-6-20-10-23)21-16(24)17-22-15-12(19)4-3-5-14(15)27-17/h3-7,10-11,13H,8-9H2,1-2H3,(H,21,24)/t13-/m0/s1. The summed E-state index contributed by atoms with van der Waals surface area (Å²) in [7, 11) is 0. The number of nitrogens with zero attached hydrogens (tertiary/aromatic N) is 3. The largest absolute Gasteiger partial charge is 0.464 e. The summed E-state index contributed by atoms with van der Waals surface area (Å²) in [6.07, 6.45) is 4.90. The molecule has 1 atom stereocenters. The van der Waals surface area contributed by atoms with Crippen molar-refractivity contribution in [2.75, 3.05) is 6.61 Å². The average molecular weight is 407 g/mol. The van der Waals surface area contributed by atoms with E-state index in [1.165, 1.54) is 11.3 Å². The number of fused-ring (bicyclic) bond motifs is 1. The molecule has 7 nitrogen and oxygen atoms in total. The fourth-order valence-corrected chi connectivity index (χ4v) is 3.53. The van der Waals surface area contributed by atoms with Gasteiger partial charge in [0.05, 0.1) is 29.2 Å². The number of ether oxygens (including phenoxy) is 1. The first-order chi connectivity index (χ1) is 12.9. The summed E-state index contributed by atoms with van der Waals surface area (Å²) in [6, 6.07) is 4.51. The molecule has 2 heterocycles. The van der Waals surface area contributed by atoms with Crippen molar-refractivity contribution >= 4 is 45.0 Å². The van der Waals surface area contributed by atoms with Crippen molar-refractivity contribution in [3.63, 3.8) is 0 Å². The predicted octanol–water partition coefficient (Wildman–Crippen LogP) is 3.14. The number of benzene rings is 1. The molecule has 3 aromatic rings. The van der Waals surface area contributed by atoms with Crippen molar-refractivity contribution in [1.29, 1.82) is 0 Å². The Bertz CT molecular complexity index is 939. The average Bonchev–Trinajstić information content (AvgIpc) is 3.29. The van der Waals surface area contributed by atoms with Crippen LogP contribution in [0, 0.1) is 5.92 Å². The number of nitrogens with one attached hydrogen (secondary N) is 1. The quantitative estimate of drug-likeness (QED) is 0.609. The Morgan fingerprint density at radius 3 is 2.85 bits per heavy atom. The molecule has 0 bridgehead atoms. The van der Waals surface area contributed by atoms with Crippen LogP contribution >= 0.6 is 22.9 Å². The number of aromatic nitrogens is 3. The highest BCUT2D eigenvalue weighted by molar-refractivity contribution is 7.20. The first kappa shape index (κ1) is 19.3. The van der Waals surface area contributed by atoms with Crippen LogP contribution < -0.4 is 5.32 Å². The molecular weight excluding hydrogens is 388 g/mol. The highest BCUT2D eigenvalue weighted by Gasteiger charge is 2.25. The maximum absolute atomic E-state index is 12.7. The van der Waals surface area contributed by atoms with Gasteiger partial charge in [0.15, 0.2) is 5.01 Å². The van der Waals surface area contributed by atoms with E-state index in [0.29, 0.717) is 10.5 Å². The van der Waals surface area contributed by atoms with Gasteiger partial charge in [0.1, 0.15) is 11.6 Å². The lowest BCUT2D eigenvalue weighted by atomic mass is 10.2. The number of thiazole rings is 1. The van der Waals surface area contributed by atoms with E-state index < -0.39 is 17.9 Å². The van der Waals surface area contributed by atoms with Crippen molar-refractivity contribution < 1.29 is 14.3 Å². The number of imidazole rings is 1. The van der Waals surface area contributed by atoms with Gasteiger partial charge in [-0.3, -0.25) is 4.79 Å². The van der Waals surface area contributed by atoms with Gasteiger partial charge in [-0.05, 0) is 18.1 Å². The number of hydrogen-bond acceptors (Lipinski definition) is 6. The van der Waals surface area contributed by atoms with Crippen molar-refractivity contribution in [2.24, 2.45) is 5.92 Å². The van der Waals surface area contributed by atoms with Crippen LogP contribution in [0.4, 0.5) is 0 Å². The lowest BCUT2D eigenvalue weighted by molar-refractivity contribution is -0.147. The van der Waals surface area contributed by atoms with Crippen molar-refractivity contribution in [2.45, 2.75) is 26.4 Å². The van der Waals surface area contributed by atoms with Crippen molar-refractivity contribution in [3.05, 3.63) is 47.0 Å². The molecule has 9 heteroatoms. The molecule has 0 radical (unpaired) electrons. The van der Waals surface area contributed by atoms with Gasteiger partial charge in [0.2, 0.25) is 0 Å². The molecule has 0 aliphatic heterocycles. The molecule has 1 aromatic carbocycles. The Balaban J connectivity index is 1.77. The Hall–Kier alpha value is -2.45.